The molecular formula is C62H42N2O. The second kappa shape index (κ2) is 13.2. The summed E-state index contributed by atoms with van der Waals surface area (Å²) in [6, 6.07) is 80.7. The second-order valence-corrected chi connectivity index (χ2v) is 18.4. The van der Waals surface area contributed by atoms with E-state index in [1.807, 2.05) is 0 Å². The largest absolute Gasteiger partial charge is 0.457 e. The van der Waals surface area contributed by atoms with Gasteiger partial charge in [0.25, 0.3) is 0 Å². The molecule has 1 spiro atoms. The average Bonchev–Trinajstić information content (AvgIpc) is 3.81. The number of hydrogen-bond donors (Lipinski definition) is 0. The van der Waals surface area contributed by atoms with Crippen molar-refractivity contribution in [2.24, 2.45) is 0 Å². The number of para-hydroxylation sites is 4. The van der Waals surface area contributed by atoms with Gasteiger partial charge in [0, 0.05) is 49.8 Å². The topological polar surface area (TPSA) is 17.4 Å². The van der Waals surface area contributed by atoms with Crippen LogP contribution in [0.4, 0.5) is 17.1 Å². The molecule has 2 heterocycles. The summed E-state index contributed by atoms with van der Waals surface area (Å²) in [7, 11) is 0. The van der Waals surface area contributed by atoms with Crippen molar-refractivity contribution in [3.8, 4) is 39.4 Å². The first-order valence-corrected chi connectivity index (χ1v) is 22.7. The monoisotopic (exact) mass is 830 g/mol. The molecule has 1 aromatic heterocycles. The van der Waals surface area contributed by atoms with Gasteiger partial charge < -0.3 is 14.2 Å². The molecule has 10 aromatic carbocycles. The van der Waals surface area contributed by atoms with Crippen LogP contribution in [-0.2, 0) is 10.8 Å². The van der Waals surface area contributed by atoms with E-state index in [9.17, 15) is 0 Å². The van der Waals surface area contributed by atoms with Crippen LogP contribution in [0.25, 0.3) is 60.5 Å². The van der Waals surface area contributed by atoms with Crippen LogP contribution >= 0.6 is 0 Å². The molecule has 0 radical (unpaired) electrons. The van der Waals surface area contributed by atoms with E-state index >= 15 is 0 Å². The van der Waals surface area contributed by atoms with E-state index in [-0.39, 0.29) is 5.41 Å². The van der Waals surface area contributed by atoms with Crippen molar-refractivity contribution < 1.29 is 4.74 Å². The Kier molecular flexibility index (Phi) is 7.38. The minimum atomic E-state index is -0.601. The van der Waals surface area contributed by atoms with Crippen molar-refractivity contribution in [3.05, 3.63) is 252 Å². The van der Waals surface area contributed by atoms with Gasteiger partial charge in [-0.25, -0.2) is 0 Å². The number of anilines is 3. The van der Waals surface area contributed by atoms with Crippen molar-refractivity contribution in [2.75, 3.05) is 4.90 Å². The third-order valence-electron chi connectivity index (χ3n) is 14.8. The molecule has 2 aliphatic carbocycles. The molecule has 65 heavy (non-hydrogen) atoms. The van der Waals surface area contributed by atoms with Gasteiger partial charge in [0.2, 0.25) is 0 Å². The molecule has 0 saturated carbocycles. The third-order valence-corrected chi connectivity index (χ3v) is 14.8. The minimum Gasteiger partial charge on any atom is -0.457 e. The lowest BCUT2D eigenvalue weighted by Gasteiger charge is -2.45. The summed E-state index contributed by atoms with van der Waals surface area (Å²) >= 11 is 0. The number of aromatic nitrogens is 1. The molecule has 0 fully saturated rings. The summed E-state index contributed by atoms with van der Waals surface area (Å²) in [5.41, 5.74) is 18.9. The van der Waals surface area contributed by atoms with Crippen LogP contribution in [0, 0.1) is 0 Å². The first kappa shape index (κ1) is 36.4. The van der Waals surface area contributed by atoms with Crippen molar-refractivity contribution in [1.82, 2.24) is 4.57 Å². The van der Waals surface area contributed by atoms with Crippen LogP contribution in [0.5, 0.6) is 11.5 Å². The van der Waals surface area contributed by atoms with E-state index in [2.05, 4.69) is 242 Å². The quantitative estimate of drug-likeness (QED) is 0.176. The molecule has 3 heteroatoms. The maximum atomic E-state index is 6.72. The van der Waals surface area contributed by atoms with Crippen LogP contribution < -0.4 is 9.64 Å². The highest BCUT2D eigenvalue weighted by Gasteiger charge is 2.49. The molecule has 11 aromatic rings. The molecule has 1 aliphatic heterocycles. The number of benzene rings is 10. The molecule has 0 unspecified atom stereocenters. The van der Waals surface area contributed by atoms with Crippen LogP contribution in [0.2, 0.25) is 0 Å². The smallest absolute Gasteiger partial charge is 0.132 e. The van der Waals surface area contributed by atoms with E-state index in [1.54, 1.807) is 0 Å². The van der Waals surface area contributed by atoms with E-state index < -0.39 is 5.41 Å². The van der Waals surface area contributed by atoms with Crippen molar-refractivity contribution in [3.63, 3.8) is 0 Å². The fraction of sp³-hybridized carbons (Fsp3) is 0.0645. The summed E-state index contributed by atoms with van der Waals surface area (Å²) in [5.74, 6) is 1.78. The Morgan fingerprint density at radius 3 is 1.77 bits per heavy atom. The Morgan fingerprint density at radius 1 is 0.385 bits per heavy atom. The predicted octanol–water partition coefficient (Wildman–Crippen LogP) is 16.2. The third kappa shape index (κ3) is 4.79. The molecule has 0 N–H and O–H groups in total. The number of rotatable bonds is 4. The Hall–Kier alpha value is -8.14. The Morgan fingerprint density at radius 2 is 0.985 bits per heavy atom. The maximum Gasteiger partial charge on any atom is 0.132 e. The highest BCUT2D eigenvalue weighted by atomic mass is 16.5. The van der Waals surface area contributed by atoms with Crippen LogP contribution in [0.15, 0.2) is 218 Å². The summed E-state index contributed by atoms with van der Waals surface area (Å²) in [6.07, 6.45) is 0. The molecule has 0 bridgehead atoms. The lowest BCUT2D eigenvalue weighted by Crippen LogP contribution is -2.36. The summed E-state index contributed by atoms with van der Waals surface area (Å²) in [6.45, 7) is 4.70. The van der Waals surface area contributed by atoms with Gasteiger partial charge in [-0.15, -0.1) is 0 Å². The Balaban J connectivity index is 1.03. The second-order valence-electron chi connectivity index (χ2n) is 18.4. The predicted molar refractivity (Wildman–Crippen MR) is 268 cm³/mol. The first-order valence-electron chi connectivity index (χ1n) is 22.7. The van der Waals surface area contributed by atoms with E-state index in [1.165, 1.54) is 77.1 Å². The normalized spacial score (nSPS) is 14.4. The van der Waals surface area contributed by atoms with E-state index in [0.29, 0.717) is 0 Å². The van der Waals surface area contributed by atoms with Crippen molar-refractivity contribution in [2.45, 2.75) is 24.7 Å². The van der Waals surface area contributed by atoms with Crippen LogP contribution in [0.1, 0.15) is 47.2 Å². The summed E-state index contributed by atoms with van der Waals surface area (Å²) in [4.78, 5) is 2.46. The Bertz CT molecular complexity index is 3750. The standard InChI is InChI=1S/C62H42N2O/c1-61(2)49-23-9-6-20-43(49)48-37-40(32-35-50(48)61)64-55-28-13-8-21-44(55)45-33-31-41(38-57(45)64)63(39-17-4-3-5-18-39)56-36-34-46-42-19-7-10-24-51(42)62(54-27-16-22-47(56)60(46)54)52-25-11-14-29-58(52)65-59-30-15-12-26-53(59)62/h3-38H,1-2H3. The van der Waals surface area contributed by atoms with E-state index in [0.717, 1.165) is 45.4 Å². The van der Waals surface area contributed by atoms with Gasteiger partial charge in [-0.3, -0.25) is 0 Å². The van der Waals surface area contributed by atoms with Gasteiger partial charge in [-0.05, 0) is 111 Å². The summed E-state index contributed by atoms with van der Waals surface area (Å²) in [5, 5.41) is 4.92. The van der Waals surface area contributed by atoms with Crippen molar-refractivity contribution in [1.29, 1.82) is 0 Å². The molecule has 3 nitrogen and oxygen atoms in total. The fourth-order valence-corrected chi connectivity index (χ4v) is 12.1. The van der Waals surface area contributed by atoms with Gasteiger partial charge in [-0.2, -0.15) is 0 Å². The van der Waals surface area contributed by atoms with Gasteiger partial charge in [0.1, 0.15) is 11.5 Å². The molecule has 306 valence electrons. The highest BCUT2D eigenvalue weighted by Crippen LogP contribution is 2.62. The number of ether oxygens (including phenoxy) is 1. The zero-order valence-electron chi connectivity index (χ0n) is 36.1. The van der Waals surface area contributed by atoms with E-state index in [4.69, 9.17) is 4.74 Å². The lowest BCUT2D eigenvalue weighted by molar-refractivity contribution is 0.435. The molecule has 3 aliphatic rings. The molecule has 0 atom stereocenters. The zero-order chi connectivity index (χ0) is 43.0. The number of fused-ring (bicyclic) bond motifs is 14. The van der Waals surface area contributed by atoms with Crippen LogP contribution in [0.3, 0.4) is 0 Å². The highest BCUT2D eigenvalue weighted by molar-refractivity contribution is 6.13. The summed E-state index contributed by atoms with van der Waals surface area (Å²) < 4.78 is 9.19. The van der Waals surface area contributed by atoms with Crippen LogP contribution in [-0.4, -0.2) is 4.57 Å². The van der Waals surface area contributed by atoms with Gasteiger partial charge in [0.15, 0.2) is 0 Å². The number of nitrogens with zero attached hydrogens (tertiary/aromatic N) is 2. The average molecular weight is 831 g/mol. The van der Waals surface area contributed by atoms with Gasteiger partial charge >= 0.3 is 0 Å². The SMILES string of the molecule is CC1(C)c2ccccc2-c2cc(-n3c4ccccc4c4ccc(N(c5ccccc5)c5ccc6c7c(cccc57)C5(c7ccccc7Oc7ccccc75)c5ccccc5-6)cc43)ccc21. The maximum absolute atomic E-state index is 6.72. The molecule has 0 amide bonds. The van der Waals surface area contributed by atoms with Gasteiger partial charge in [0.05, 0.1) is 22.1 Å². The zero-order valence-corrected chi connectivity index (χ0v) is 36.1. The fourth-order valence-electron chi connectivity index (χ4n) is 12.1. The number of hydrogen-bond acceptors (Lipinski definition) is 2. The lowest BCUT2D eigenvalue weighted by atomic mass is 9.58. The molecule has 14 rings (SSSR count). The minimum absolute atomic E-state index is 0.0629. The first-order chi connectivity index (χ1) is 32.0. The Labute approximate surface area is 378 Å². The van der Waals surface area contributed by atoms with Gasteiger partial charge in [-0.1, -0.05) is 172 Å². The van der Waals surface area contributed by atoms with Crippen molar-refractivity contribution >= 4 is 49.6 Å². The molecular weight excluding hydrogens is 789 g/mol. The molecule has 0 saturated heterocycles.